The molecule has 104 valence electrons. The molecule has 4 heteroatoms. The molecule has 0 aromatic carbocycles. The summed E-state index contributed by atoms with van der Waals surface area (Å²) in [5, 5.41) is 4.06. The van der Waals surface area contributed by atoms with Gasteiger partial charge in [0.15, 0.2) is 0 Å². The smallest absolute Gasteiger partial charge is 0.241 e. The molecule has 1 heterocycles. The predicted octanol–water partition coefficient (Wildman–Crippen LogP) is 2.46. The highest BCUT2D eigenvalue weighted by Crippen LogP contribution is 2.32. The van der Waals surface area contributed by atoms with Gasteiger partial charge in [-0.05, 0) is 25.0 Å². The van der Waals surface area contributed by atoms with Crippen molar-refractivity contribution in [1.29, 1.82) is 0 Å². The topological polar surface area (TPSA) is 32.3 Å². The molecule has 1 aliphatic carbocycles. The van der Waals surface area contributed by atoms with Crippen molar-refractivity contribution < 1.29 is 4.79 Å². The van der Waals surface area contributed by atoms with E-state index >= 15 is 0 Å². The highest BCUT2D eigenvalue weighted by atomic mass is 32.2. The van der Waals surface area contributed by atoms with Gasteiger partial charge in [-0.1, -0.05) is 33.1 Å². The second kappa shape index (κ2) is 6.29. The van der Waals surface area contributed by atoms with Crippen molar-refractivity contribution in [2.45, 2.75) is 63.3 Å². The van der Waals surface area contributed by atoms with E-state index in [-0.39, 0.29) is 6.04 Å². The predicted molar refractivity (Wildman–Crippen MR) is 77.7 cm³/mol. The molecule has 2 fully saturated rings. The van der Waals surface area contributed by atoms with Gasteiger partial charge < -0.3 is 4.90 Å². The van der Waals surface area contributed by atoms with Crippen LogP contribution < -0.4 is 5.32 Å². The molecule has 4 atom stereocenters. The summed E-state index contributed by atoms with van der Waals surface area (Å²) in [6.45, 7) is 5.09. The van der Waals surface area contributed by atoms with Crippen molar-refractivity contribution in [2.24, 2.45) is 5.92 Å². The highest BCUT2D eigenvalue weighted by molar-refractivity contribution is 7.99. The number of carbonyl (C=O) groups excluding carboxylic acids is 1. The summed E-state index contributed by atoms with van der Waals surface area (Å²) < 4.78 is 0. The molecule has 1 N–H and O–H groups in total. The van der Waals surface area contributed by atoms with Crippen molar-refractivity contribution in [3.63, 3.8) is 0 Å². The summed E-state index contributed by atoms with van der Waals surface area (Å²) in [5.41, 5.74) is 0. The third kappa shape index (κ3) is 2.69. The number of hydrogen-bond acceptors (Lipinski definition) is 3. The van der Waals surface area contributed by atoms with Crippen LogP contribution in [0.1, 0.15) is 46.0 Å². The van der Waals surface area contributed by atoms with Gasteiger partial charge in [-0.15, -0.1) is 0 Å². The lowest BCUT2D eigenvalue weighted by Gasteiger charge is -2.37. The van der Waals surface area contributed by atoms with Crippen molar-refractivity contribution in [2.75, 3.05) is 12.9 Å². The Morgan fingerprint density at radius 1 is 1.44 bits per heavy atom. The quantitative estimate of drug-likeness (QED) is 0.852. The molecule has 0 radical (unpaired) electrons. The molecule has 4 unspecified atom stereocenters. The van der Waals surface area contributed by atoms with Gasteiger partial charge in [0.1, 0.15) is 0 Å². The monoisotopic (exact) mass is 270 g/mol. The first kappa shape index (κ1) is 14.2. The largest absolute Gasteiger partial charge is 0.324 e. The summed E-state index contributed by atoms with van der Waals surface area (Å²) in [6.07, 6.45) is 8.30. The first-order valence-electron chi connectivity index (χ1n) is 7.25. The third-order valence-corrected chi connectivity index (χ3v) is 5.77. The van der Waals surface area contributed by atoms with E-state index in [2.05, 4.69) is 30.3 Å². The van der Waals surface area contributed by atoms with Gasteiger partial charge in [-0.3, -0.25) is 10.1 Å². The number of rotatable bonds is 4. The Labute approximate surface area is 115 Å². The Kier molecular flexibility index (Phi) is 4.96. The van der Waals surface area contributed by atoms with Gasteiger partial charge >= 0.3 is 0 Å². The van der Waals surface area contributed by atoms with Crippen LogP contribution in [-0.2, 0) is 4.79 Å². The van der Waals surface area contributed by atoms with Gasteiger partial charge in [-0.25, -0.2) is 0 Å². The zero-order valence-corrected chi connectivity index (χ0v) is 12.6. The van der Waals surface area contributed by atoms with Crippen LogP contribution in [0.2, 0.25) is 0 Å². The van der Waals surface area contributed by atoms with Gasteiger partial charge in [0.05, 0.1) is 12.7 Å². The SMILES string of the molecule is CCC(C)C1NCN(C2CCCCC2SC)C1=O. The van der Waals surface area contributed by atoms with Gasteiger partial charge in [0.25, 0.3) is 0 Å². The summed E-state index contributed by atoms with van der Waals surface area (Å²) >= 11 is 1.94. The number of carbonyl (C=O) groups is 1. The summed E-state index contributed by atoms with van der Waals surface area (Å²) in [5.74, 6) is 0.786. The van der Waals surface area contributed by atoms with Crippen LogP contribution in [-0.4, -0.2) is 41.1 Å². The Morgan fingerprint density at radius 2 is 2.17 bits per heavy atom. The zero-order valence-electron chi connectivity index (χ0n) is 11.8. The Morgan fingerprint density at radius 3 is 2.83 bits per heavy atom. The molecule has 0 spiro atoms. The lowest BCUT2D eigenvalue weighted by atomic mass is 9.93. The van der Waals surface area contributed by atoms with E-state index in [9.17, 15) is 4.79 Å². The molecular weight excluding hydrogens is 244 g/mol. The van der Waals surface area contributed by atoms with Crippen LogP contribution in [0, 0.1) is 5.92 Å². The average molecular weight is 270 g/mol. The van der Waals surface area contributed by atoms with Crippen LogP contribution >= 0.6 is 11.8 Å². The Bertz CT molecular complexity index is 298. The minimum atomic E-state index is 0.0550. The van der Waals surface area contributed by atoms with Crippen molar-refractivity contribution in [3.8, 4) is 0 Å². The Hall–Kier alpha value is -0.220. The van der Waals surface area contributed by atoms with Crippen molar-refractivity contribution in [1.82, 2.24) is 10.2 Å². The Balaban J connectivity index is 2.03. The molecule has 2 rings (SSSR count). The first-order chi connectivity index (χ1) is 8.69. The van der Waals surface area contributed by atoms with E-state index in [0.717, 1.165) is 13.1 Å². The maximum atomic E-state index is 12.5. The van der Waals surface area contributed by atoms with Crippen LogP contribution in [0.3, 0.4) is 0 Å². The second-order valence-electron chi connectivity index (χ2n) is 5.66. The zero-order chi connectivity index (χ0) is 13.1. The number of nitrogens with zero attached hydrogens (tertiary/aromatic N) is 1. The number of thioether (sulfide) groups is 1. The normalized spacial score (nSPS) is 34.9. The van der Waals surface area contributed by atoms with Gasteiger partial charge in [0, 0.05) is 11.3 Å². The average Bonchev–Trinajstić information content (AvgIpc) is 2.79. The highest BCUT2D eigenvalue weighted by Gasteiger charge is 2.40. The summed E-state index contributed by atoms with van der Waals surface area (Å²) in [7, 11) is 0. The molecule has 3 nitrogen and oxygen atoms in total. The second-order valence-corrected chi connectivity index (χ2v) is 6.74. The van der Waals surface area contributed by atoms with Crippen LogP contribution in [0.25, 0.3) is 0 Å². The minimum Gasteiger partial charge on any atom is -0.324 e. The van der Waals surface area contributed by atoms with E-state index in [1.165, 1.54) is 25.7 Å². The van der Waals surface area contributed by atoms with Crippen molar-refractivity contribution >= 4 is 17.7 Å². The van der Waals surface area contributed by atoms with Gasteiger partial charge in [0.2, 0.25) is 5.91 Å². The fourth-order valence-corrected chi connectivity index (χ4v) is 4.21. The van der Waals surface area contributed by atoms with Gasteiger partial charge in [-0.2, -0.15) is 11.8 Å². The van der Waals surface area contributed by atoms with E-state index in [0.29, 0.717) is 23.1 Å². The van der Waals surface area contributed by atoms with E-state index in [1.807, 2.05) is 11.8 Å². The summed E-state index contributed by atoms with van der Waals surface area (Å²) in [4.78, 5) is 14.6. The van der Waals surface area contributed by atoms with E-state index < -0.39 is 0 Å². The molecule has 18 heavy (non-hydrogen) atoms. The fraction of sp³-hybridized carbons (Fsp3) is 0.929. The van der Waals surface area contributed by atoms with E-state index in [4.69, 9.17) is 0 Å². The third-order valence-electron chi connectivity index (χ3n) is 4.61. The molecule has 1 aliphatic heterocycles. The van der Waals surface area contributed by atoms with Crippen LogP contribution in [0.4, 0.5) is 0 Å². The van der Waals surface area contributed by atoms with Crippen molar-refractivity contribution in [3.05, 3.63) is 0 Å². The molecule has 1 saturated heterocycles. The summed E-state index contributed by atoms with van der Waals surface area (Å²) in [6, 6.07) is 0.516. The molecular formula is C14H26N2OS. The molecule has 0 bridgehead atoms. The molecule has 1 amide bonds. The number of nitrogens with one attached hydrogen (secondary N) is 1. The maximum Gasteiger partial charge on any atom is 0.241 e. The molecule has 1 saturated carbocycles. The fourth-order valence-electron chi connectivity index (χ4n) is 3.21. The van der Waals surface area contributed by atoms with Crippen LogP contribution in [0.15, 0.2) is 0 Å². The van der Waals surface area contributed by atoms with E-state index in [1.54, 1.807) is 0 Å². The minimum absolute atomic E-state index is 0.0550. The first-order valence-corrected chi connectivity index (χ1v) is 8.54. The standard InChI is InChI=1S/C14H26N2OS/c1-4-10(2)13-14(17)16(9-15-13)11-7-5-6-8-12(11)18-3/h10-13,15H,4-9H2,1-3H3. The van der Waals surface area contributed by atoms with Crippen LogP contribution in [0.5, 0.6) is 0 Å². The maximum absolute atomic E-state index is 12.5. The number of amides is 1. The number of hydrogen-bond donors (Lipinski definition) is 1. The lowest BCUT2D eigenvalue weighted by Crippen LogP contribution is -2.46. The molecule has 0 aromatic rings. The molecule has 2 aliphatic rings. The lowest BCUT2D eigenvalue weighted by molar-refractivity contribution is -0.132. The molecule has 0 aromatic heterocycles.